The van der Waals surface area contributed by atoms with E-state index >= 15 is 0 Å². The van der Waals surface area contributed by atoms with E-state index in [2.05, 4.69) is 5.32 Å². The van der Waals surface area contributed by atoms with E-state index in [1.165, 1.54) is 12.1 Å². The Balaban J connectivity index is 2.86. The van der Waals surface area contributed by atoms with Crippen molar-refractivity contribution in [1.82, 2.24) is 0 Å². The van der Waals surface area contributed by atoms with Crippen molar-refractivity contribution in [1.29, 1.82) is 0 Å². The van der Waals surface area contributed by atoms with Crippen LogP contribution in [0.1, 0.15) is 6.92 Å². The highest BCUT2D eigenvalue weighted by Gasteiger charge is 2.26. The number of anilines is 1. The summed E-state index contributed by atoms with van der Waals surface area (Å²) < 4.78 is 46.9. The summed E-state index contributed by atoms with van der Waals surface area (Å²) >= 11 is 5.51. The van der Waals surface area contributed by atoms with Crippen LogP contribution >= 0.6 is 11.6 Å². The topological polar surface area (TPSA) is 63.2 Å². The molecule has 0 aliphatic carbocycles. The molecule has 0 radical (unpaired) electrons. The fourth-order valence-corrected chi connectivity index (χ4v) is 2.03. The molecule has 1 unspecified atom stereocenters. The third-order valence-electron chi connectivity index (χ3n) is 2.36. The molecule has 1 aromatic rings. The van der Waals surface area contributed by atoms with Crippen molar-refractivity contribution in [2.75, 3.05) is 11.2 Å². The van der Waals surface area contributed by atoms with E-state index in [0.717, 1.165) is 12.1 Å². The number of halogens is 3. The van der Waals surface area contributed by atoms with E-state index in [-0.39, 0.29) is 11.8 Å². The fraction of sp³-hybridized carbons (Fsp3) is 0.364. The predicted molar refractivity (Wildman–Crippen MR) is 68.1 cm³/mol. The minimum Gasteiger partial charge on any atom is -0.326 e. The lowest BCUT2D eigenvalue weighted by molar-refractivity contribution is -0.118. The monoisotopic (exact) mass is 311 g/mol. The molecule has 0 aromatic heterocycles. The van der Waals surface area contributed by atoms with Crippen LogP contribution in [-0.2, 0) is 14.6 Å². The standard InChI is InChI=1S/C11H12ClF2NO3S/c1-7(6-12)10(16)15-8-2-4-9(5-3-8)19(17,18)11(13)14/h2-5,7,11H,6H2,1H3,(H,15,16). The summed E-state index contributed by atoms with van der Waals surface area (Å²) in [6.07, 6.45) is 0. The highest BCUT2D eigenvalue weighted by molar-refractivity contribution is 7.91. The summed E-state index contributed by atoms with van der Waals surface area (Å²) in [6.45, 7) is 1.62. The highest BCUT2D eigenvalue weighted by atomic mass is 35.5. The number of benzene rings is 1. The Kier molecular flexibility index (Phi) is 5.25. The zero-order valence-corrected chi connectivity index (χ0v) is 11.5. The molecular formula is C11H12ClF2NO3S. The summed E-state index contributed by atoms with van der Waals surface area (Å²) in [7, 11) is -4.61. The third kappa shape index (κ3) is 3.87. The average Bonchev–Trinajstić information content (AvgIpc) is 2.38. The Bertz CT molecular complexity index is 546. The third-order valence-corrected chi connectivity index (χ3v) is 4.23. The SMILES string of the molecule is CC(CCl)C(=O)Nc1ccc(S(=O)(=O)C(F)F)cc1. The number of nitrogens with one attached hydrogen (secondary N) is 1. The van der Waals surface area contributed by atoms with Crippen molar-refractivity contribution in [2.45, 2.75) is 17.6 Å². The van der Waals surface area contributed by atoms with Gasteiger partial charge in [0.2, 0.25) is 15.7 Å². The maximum Gasteiger partial charge on any atom is 0.341 e. The summed E-state index contributed by atoms with van der Waals surface area (Å²) in [6, 6.07) is 4.52. The molecule has 0 heterocycles. The second kappa shape index (κ2) is 6.29. The number of rotatable bonds is 5. The molecule has 1 rings (SSSR count). The molecule has 0 fully saturated rings. The maximum atomic E-state index is 12.3. The summed E-state index contributed by atoms with van der Waals surface area (Å²) in [4.78, 5) is 11.0. The smallest absolute Gasteiger partial charge is 0.326 e. The minimum atomic E-state index is -4.61. The summed E-state index contributed by atoms with van der Waals surface area (Å²) in [5, 5.41) is 2.49. The van der Waals surface area contributed by atoms with Gasteiger partial charge in [-0.25, -0.2) is 8.42 Å². The van der Waals surface area contributed by atoms with Crippen molar-refractivity contribution >= 4 is 33.0 Å². The van der Waals surface area contributed by atoms with Gasteiger partial charge in [-0.15, -0.1) is 11.6 Å². The number of hydrogen-bond acceptors (Lipinski definition) is 3. The van der Waals surface area contributed by atoms with Gasteiger partial charge in [0.15, 0.2) is 0 Å². The van der Waals surface area contributed by atoms with Crippen LogP contribution in [0.15, 0.2) is 29.2 Å². The lowest BCUT2D eigenvalue weighted by atomic mass is 10.2. The van der Waals surface area contributed by atoms with E-state index in [1.54, 1.807) is 6.92 Å². The normalized spacial score (nSPS) is 13.3. The Morgan fingerprint density at radius 3 is 2.26 bits per heavy atom. The van der Waals surface area contributed by atoms with Gasteiger partial charge >= 0.3 is 5.76 Å². The molecular weight excluding hydrogens is 300 g/mol. The molecule has 1 aromatic carbocycles. The molecule has 0 spiro atoms. The van der Waals surface area contributed by atoms with Crippen molar-refractivity contribution in [3.8, 4) is 0 Å². The molecule has 0 saturated carbocycles. The first-order valence-electron chi connectivity index (χ1n) is 5.28. The minimum absolute atomic E-state index is 0.143. The Labute approximate surface area is 114 Å². The van der Waals surface area contributed by atoms with E-state index in [0.29, 0.717) is 5.69 Å². The van der Waals surface area contributed by atoms with Crippen LogP contribution in [0.4, 0.5) is 14.5 Å². The van der Waals surface area contributed by atoms with Crippen LogP contribution in [0.25, 0.3) is 0 Å². The van der Waals surface area contributed by atoms with Crippen LogP contribution in [0.3, 0.4) is 0 Å². The lowest BCUT2D eigenvalue weighted by Crippen LogP contribution is -2.21. The largest absolute Gasteiger partial charge is 0.341 e. The van der Waals surface area contributed by atoms with Crippen LogP contribution in [0.2, 0.25) is 0 Å². The van der Waals surface area contributed by atoms with Crippen molar-refractivity contribution in [3.63, 3.8) is 0 Å². The summed E-state index contributed by atoms with van der Waals surface area (Å²) in [5.41, 5.74) is 0.315. The highest BCUT2D eigenvalue weighted by Crippen LogP contribution is 2.20. The van der Waals surface area contributed by atoms with Crippen molar-refractivity contribution < 1.29 is 22.0 Å². The van der Waals surface area contributed by atoms with E-state index in [4.69, 9.17) is 11.6 Å². The van der Waals surface area contributed by atoms with Crippen LogP contribution in [-0.4, -0.2) is 26.0 Å². The molecule has 1 amide bonds. The second-order valence-electron chi connectivity index (χ2n) is 3.87. The molecule has 0 aliphatic rings. The zero-order chi connectivity index (χ0) is 14.6. The van der Waals surface area contributed by atoms with Crippen LogP contribution in [0, 0.1) is 5.92 Å². The number of alkyl halides is 3. The fourth-order valence-electron chi connectivity index (χ4n) is 1.17. The van der Waals surface area contributed by atoms with Gasteiger partial charge in [-0.1, -0.05) is 6.92 Å². The van der Waals surface area contributed by atoms with Gasteiger partial charge in [-0.05, 0) is 24.3 Å². The van der Waals surface area contributed by atoms with E-state index < -0.39 is 26.4 Å². The number of carbonyl (C=O) groups excluding carboxylic acids is 1. The van der Waals surface area contributed by atoms with E-state index in [1.807, 2.05) is 0 Å². The molecule has 0 saturated heterocycles. The number of sulfone groups is 1. The molecule has 4 nitrogen and oxygen atoms in total. The molecule has 0 aliphatic heterocycles. The quantitative estimate of drug-likeness (QED) is 0.850. The predicted octanol–water partition coefficient (Wildman–Crippen LogP) is 2.50. The van der Waals surface area contributed by atoms with Gasteiger partial charge in [0.25, 0.3) is 0 Å². The van der Waals surface area contributed by atoms with Crippen molar-refractivity contribution in [3.05, 3.63) is 24.3 Å². The average molecular weight is 312 g/mol. The summed E-state index contributed by atoms with van der Waals surface area (Å²) in [5.74, 6) is -4.07. The first kappa shape index (κ1) is 15.8. The van der Waals surface area contributed by atoms with Gasteiger partial charge in [0.05, 0.1) is 4.90 Å². The molecule has 19 heavy (non-hydrogen) atoms. The maximum absolute atomic E-state index is 12.3. The van der Waals surface area contributed by atoms with Crippen LogP contribution in [0.5, 0.6) is 0 Å². The molecule has 106 valence electrons. The molecule has 1 N–H and O–H groups in total. The van der Waals surface area contributed by atoms with Gasteiger partial charge in [0.1, 0.15) is 0 Å². The van der Waals surface area contributed by atoms with E-state index in [9.17, 15) is 22.0 Å². The number of amides is 1. The van der Waals surface area contributed by atoms with Gasteiger partial charge in [0, 0.05) is 17.5 Å². The Morgan fingerprint density at radius 2 is 1.84 bits per heavy atom. The van der Waals surface area contributed by atoms with Crippen LogP contribution < -0.4 is 5.32 Å². The Morgan fingerprint density at radius 1 is 1.32 bits per heavy atom. The zero-order valence-electron chi connectivity index (χ0n) is 9.94. The van der Waals surface area contributed by atoms with Gasteiger partial charge in [-0.3, -0.25) is 4.79 Å². The lowest BCUT2D eigenvalue weighted by Gasteiger charge is -2.10. The molecule has 1 atom stereocenters. The first-order chi connectivity index (χ1) is 8.78. The molecule has 0 bridgehead atoms. The van der Waals surface area contributed by atoms with Gasteiger partial charge < -0.3 is 5.32 Å². The number of hydrogen-bond donors (Lipinski definition) is 1. The van der Waals surface area contributed by atoms with Crippen molar-refractivity contribution in [2.24, 2.45) is 5.92 Å². The van der Waals surface area contributed by atoms with Gasteiger partial charge in [-0.2, -0.15) is 8.78 Å². The second-order valence-corrected chi connectivity index (χ2v) is 6.10. The Hall–Kier alpha value is -1.21. The number of carbonyl (C=O) groups is 1. The molecule has 8 heteroatoms. The first-order valence-corrected chi connectivity index (χ1v) is 7.36.